The molecule has 0 bridgehead atoms. The van der Waals surface area contributed by atoms with Crippen LogP contribution < -0.4 is 11.5 Å². The fourth-order valence-corrected chi connectivity index (χ4v) is 0.767. The molecule has 0 aromatic heterocycles. The number of rotatable bonds is 5. The van der Waals surface area contributed by atoms with Gasteiger partial charge in [-0.1, -0.05) is 40.5 Å². The van der Waals surface area contributed by atoms with Gasteiger partial charge in [-0.25, -0.2) is 0 Å². The molecule has 0 aliphatic heterocycles. The van der Waals surface area contributed by atoms with E-state index in [1.54, 1.807) is 0 Å². The largest absolute Gasteiger partial charge is 0.330 e. The van der Waals surface area contributed by atoms with Crippen molar-refractivity contribution < 1.29 is 0 Å². The van der Waals surface area contributed by atoms with E-state index in [0.29, 0.717) is 12.0 Å². The quantitative estimate of drug-likeness (QED) is 0.691. The second kappa shape index (κ2) is 11.9. The molecule has 80 valence electrons. The lowest BCUT2D eigenvalue weighted by atomic mass is 10.1. The molecule has 0 amide bonds. The van der Waals surface area contributed by atoms with E-state index in [-0.39, 0.29) is 0 Å². The highest BCUT2D eigenvalue weighted by molar-refractivity contribution is 4.56. The van der Waals surface area contributed by atoms with E-state index >= 15 is 0 Å². The van der Waals surface area contributed by atoms with Crippen molar-refractivity contribution in [2.24, 2.45) is 17.4 Å². The lowest BCUT2D eigenvalue weighted by Gasteiger charge is -2.03. The van der Waals surface area contributed by atoms with Gasteiger partial charge in [-0.05, 0) is 25.3 Å². The second-order valence-electron chi connectivity index (χ2n) is 3.49. The van der Waals surface area contributed by atoms with Crippen LogP contribution in [-0.4, -0.2) is 12.6 Å². The summed E-state index contributed by atoms with van der Waals surface area (Å²) in [5, 5.41) is 0. The molecule has 0 heterocycles. The summed E-state index contributed by atoms with van der Waals surface area (Å²) in [6.07, 6.45) is 4.17. The fraction of sp³-hybridized carbons (Fsp3) is 0.818. The van der Waals surface area contributed by atoms with Crippen LogP contribution in [0.4, 0.5) is 0 Å². The molecule has 0 spiro atoms. The van der Waals surface area contributed by atoms with Gasteiger partial charge in [-0.2, -0.15) is 0 Å². The molecule has 2 unspecified atom stereocenters. The van der Waals surface area contributed by atoms with E-state index in [2.05, 4.69) is 27.7 Å². The second-order valence-corrected chi connectivity index (χ2v) is 3.49. The summed E-state index contributed by atoms with van der Waals surface area (Å²) in [7, 11) is 0. The Morgan fingerprint density at radius 3 is 1.92 bits per heavy atom. The fourth-order valence-electron chi connectivity index (χ4n) is 0.767. The molecule has 0 saturated carbocycles. The molecule has 4 N–H and O–H groups in total. The maximum Gasteiger partial charge on any atom is 0.00482 e. The first kappa shape index (κ1) is 15.4. The SMILES string of the molecule is CCC(N)CCN.[CH2]CCC([CH2])C. The average molecular weight is 186 g/mol. The topological polar surface area (TPSA) is 52.0 Å². The number of nitrogens with two attached hydrogens (primary N) is 2. The van der Waals surface area contributed by atoms with E-state index in [0.717, 1.165) is 32.2 Å². The third-order valence-corrected chi connectivity index (χ3v) is 1.76. The van der Waals surface area contributed by atoms with Gasteiger partial charge in [0, 0.05) is 6.04 Å². The van der Waals surface area contributed by atoms with E-state index in [1.165, 1.54) is 0 Å². The van der Waals surface area contributed by atoms with Crippen LogP contribution in [0.3, 0.4) is 0 Å². The van der Waals surface area contributed by atoms with Gasteiger partial charge in [0.1, 0.15) is 0 Å². The van der Waals surface area contributed by atoms with Crippen LogP contribution in [0.1, 0.15) is 39.5 Å². The molecule has 0 aromatic carbocycles. The van der Waals surface area contributed by atoms with Crippen LogP contribution in [0.25, 0.3) is 0 Å². The Bertz CT molecular complexity index is 82.2. The van der Waals surface area contributed by atoms with Crippen LogP contribution in [0.5, 0.6) is 0 Å². The van der Waals surface area contributed by atoms with Crippen molar-refractivity contribution in [1.82, 2.24) is 0 Å². The summed E-state index contributed by atoms with van der Waals surface area (Å²) < 4.78 is 0. The Balaban J connectivity index is 0. The van der Waals surface area contributed by atoms with Crippen molar-refractivity contribution in [1.29, 1.82) is 0 Å². The van der Waals surface area contributed by atoms with E-state index in [4.69, 9.17) is 11.5 Å². The van der Waals surface area contributed by atoms with Gasteiger partial charge in [-0.15, -0.1) is 0 Å². The van der Waals surface area contributed by atoms with Gasteiger partial charge >= 0.3 is 0 Å². The van der Waals surface area contributed by atoms with E-state index in [1.807, 2.05) is 0 Å². The molecule has 0 aliphatic rings. The summed E-state index contributed by atoms with van der Waals surface area (Å²) in [6.45, 7) is 12.4. The zero-order valence-corrected chi connectivity index (χ0v) is 9.26. The van der Waals surface area contributed by atoms with Crippen molar-refractivity contribution in [3.8, 4) is 0 Å². The Morgan fingerprint density at radius 2 is 1.85 bits per heavy atom. The van der Waals surface area contributed by atoms with Crippen LogP contribution >= 0.6 is 0 Å². The Morgan fingerprint density at radius 1 is 1.31 bits per heavy atom. The molecule has 0 aliphatic carbocycles. The summed E-state index contributed by atoms with van der Waals surface area (Å²) in [5.74, 6) is 0.586. The van der Waals surface area contributed by atoms with Crippen molar-refractivity contribution >= 4 is 0 Å². The normalized spacial score (nSPS) is 12.2. The third kappa shape index (κ3) is 18.7. The van der Waals surface area contributed by atoms with Crippen LogP contribution in [-0.2, 0) is 0 Å². The molecule has 2 heteroatoms. The molecule has 0 aromatic rings. The van der Waals surface area contributed by atoms with E-state index in [9.17, 15) is 0 Å². The highest BCUT2D eigenvalue weighted by atomic mass is 14.6. The van der Waals surface area contributed by atoms with Crippen LogP contribution in [0, 0.1) is 19.8 Å². The first-order valence-corrected chi connectivity index (χ1v) is 5.16. The summed E-state index contributed by atoms with van der Waals surface area (Å²) in [6, 6.07) is 0.324. The summed E-state index contributed by atoms with van der Waals surface area (Å²) >= 11 is 0. The Kier molecular flexibility index (Phi) is 14.1. The Labute approximate surface area is 84.1 Å². The molecule has 2 atom stereocenters. The molecule has 13 heavy (non-hydrogen) atoms. The molecule has 2 nitrogen and oxygen atoms in total. The maximum atomic E-state index is 5.50. The summed E-state index contributed by atoms with van der Waals surface area (Å²) in [4.78, 5) is 0. The van der Waals surface area contributed by atoms with Crippen molar-refractivity contribution in [2.45, 2.75) is 45.6 Å². The lowest BCUT2D eigenvalue weighted by Crippen LogP contribution is -2.22. The molecular formula is C11H26N2. The third-order valence-electron chi connectivity index (χ3n) is 1.76. The van der Waals surface area contributed by atoms with Gasteiger partial charge in [0.15, 0.2) is 0 Å². The predicted octanol–water partition coefficient (Wildman–Crippen LogP) is 2.14. The predicted molar refractivity (Wildman–Crippen MR) is 61.0 cm³/mol. The van der Waals surface area contributed by atoms with Gasteiger partial charge in [0.05, 0.1) is 0 Å². The van der Waals surface area contributed by atoms with Crippen LogP contribution in [0.15, 0.2) is 0 Å². The summed E-state index contributed by atoms with van der Waals surface area (Å²) in [5.41, 5.74) is 10.7. The number of hydrogen-bond acceptors (Lipinski definition) is 2. The van der Waals surface area contributed by atoms with Crippen molar-refractivity contribution in [2.75, 3.05) is 6.54 Å². The van der Waals surface area contributed by atoms with Gasteiger partial charge in [0.25, 0.3) is 0 Å². The standard InChI is InChI=1S/C6H12.C5H14N2/c1-4-5-6(2)3;1-2-5(7)3-4-6/h6H,1-2,4-5H2,3H3;5H,2-4,6-7H2,1H3. The zero-order chi connectivity index (χ0) is 10.7. The highest BCUT2D eigenvalue weighted by Crippen LogP contribution is 1.99. The minimum Gasteiger partial charge on any atom is -0.330 e. The smallest absolute Gasteiger partial charge is 0.00482 e. The lowest BCUT2D eigenvalue weighted by molar-refractivity contribution is 0.604. The van der Waals surface area contributed by atoms with Gasteiger partial charge in [0.2, 0.25) is 0 Å². The van der Waals surface area contributed by atoms with E-state index < -0.39 is 0 Å². The van der Waals surface area contributed by atoms with Crippen molar-refractivity contribution in [3.05, 3.63) is 13.8 Å². The zero-order valence-electron chi connectivity index (χ0n) is 9.26. The maximum absolute atomic E-state index is 5.50. The van der Waals surface area contributed by atoms with Gasteiger partial charge < -0.3 is 11.5 Å². The first-order chi connectivity index (χ1) is 6.08. The van der Waals surface area contributed by atoms with Crippen molar-refractivity contribution in [3.63, 3.8) is 0 Å². The monoisotopic (exact) mass is 186 g/mol. The van der Waals surface area contributed by atoms with Gasteiger partial charge in [-0.3, -0.25) is 0 Å². The van der Waals surface area contributed by atoms with Crippen LogP contribution in [0.2, 0.25) is 0 Å². The minimum atomic E-state index is 0.324. The molecule has 0 rings (SSSR count). The Hall–Kier alpha value is -0.0800. The molecule has 0 fully saturated rings. The number of hydrogen-bond donors (Lipinski definition) is 2. The molecule has 2 radical (unpaired) electrons. The first-order valence-electron chi connectivity index (χ1n) is 5.16. The highest BCUT2D eigenvalue weighted by Gasteiger charge is 1.92. The molecule has 0 saturated heterocycles. The minimum absolute atomic E-state index is 0.324. The molecular weight excluding hydrogens is 160 g/mol. The average Bonchev–Trinajstić information content (AvgIpc) is 2.05.